The van der Waals surface area contributed by atoms with Gasteiger partial charge in [-0.3, -0.25) is 9.78 Å². The number of nitrogens with one attached hydrogen (secondary N) is 1. The number of aryl methyl sites for hydroxylation is 1. The Bertz CT molecular complexity index is 876. The largest absolute Gasteiger partial charge is 0.497 e. The number of ether oxygens (including phenoxy) is 1. The second kappa shape index (κ2) is 6.04. The van der Waals surface area contributed by atoms with Crippen molar-refractivity contribution in [2.75, 3.05) is 12.4 Å². The van der Waals surface area contributed by atoms with Crippen molar-refractivity contribution >= 4 is 22.5 Å². The van der Waals surface area contributed by atoms with E-state index in [0.717, 1.165) is 10.9 Å². The molecule has 2 aromatic carbocycles. The Balaban J connectivity index is 1.93. The van der Waals surface area contributed by atoms with Crippen LogP contribution in [0.25, 0.3) is 10.9 Å². The van der Waals surface area contributed by atoms with Crippen LogP contribution >= 0.6 is 0 Å². The molecular weight excluding hydrogens is 295 g/mol. The number of amides is 1. The number of hydrogen-bond donors (Lipinski definition) is 1. The van der Waals surface area contributed by atoms with Crippen LogP contribution < -0.4 is 10.1 Å². The van der Waals surface area contributed by atoms with Gasteiger partial charge >= 0.3 is 0 Å². The van der Waals surface area contributed by atoms with E-state index in [-0.39, 0.29) is 11.7 Å². The predicted molar refractivity (Wildman–Crippen MR) is 87.4 cm³/mol. The lowest BCUT2D eigenvalue weighted by atomic mass is 10.1. The molecule has 0 bridgehead atoms. The van der Waals surface area contributed by atoms with Crippen molar-refractivity contribution in [2.24, 2.45) is 0 Å². The van der Waals surface area contributed by atoms with Crippen molar-refractivity contribution < 1.29 is 13.9 Å². The highest BCUT2D eigenvalue weighted by Crippen LogP contribution is 2.22. The molecule has 1 N–H and O–H groups in total. The van der Waals surface area contributed by atoms with E-state index in [1.54, 1.807) is 20.1 Å². The summed E-state index contributed by atoms with van der Waals surface area (Å²) in [6, 6.07) is 12.9. The second-order valence-electron chi connectivity index (χ2n) is 5.14. The number of halogens is 1. The van der Waals surface area contributed by atoms with Crippen LogP contribution in [-0.4, -0.2) is 18.0 Å². The molecule has 0 radical (unpaired) electrons. The second-order valence-corrected chi connectivity index (χ2v) is 5.14. The maximum Gasteiger partial charge on any atom is 0.257 e. The Morgan fingerprint density at radius 3 is 2.57 bits per heavy atom. The predicted octanol–water partition coefficient (Wildman–Crippen LogP) is 3.94. The summed E-state index contributed by atoms with van der Waals surface area (Å²) < 4.78 is 18.1. The zero-order valence-electron chi connectivity index (χ0n) is 12.8. The molecule has 3 rings (SSSR count). The van der Waals surface area contributed by atoms with Crippen LogP contribution in [-0.2, 0) is 0 Å². The molecule has 0 aliphatic heterocycles. The zero-order valence-corrected chi connectivity index (χ0v) is 12.8. The van der Waals surface area contributed by atoms with Crippen LogP contribution in [0.3, 0.4) is 0 Å². The summed E-state index contributed by atoms with van der Waals surface area (Å²) >= 11 is 0. The smallest absolute Gasteiger partial charge is 0.257 e. The van der Waals surface area contributed by atoms with E-state index in [1.165, 1.54) is 24.3 Å². The minimum atomic E-state index is -0.347. The van der Waals surface area contributed by atoms with E-state index in [9.17, 15) is 9.18 Å². The van der Waals surface area contributed by atoms with Gasteiger partial charge in [0.05, 0.1) is 23.9 Å². The Morgan fingerprint density at radius 2 is 1.87 bits per heavy atom. The maximum absolute atomic E-state index is 12.9. The van der Waals surface area contributed by atoms with Crippen LogP contribution in [0.1, 0.15) is 16.1 Å². The van der Waals surface area contributed by atoms with E-state index in [0.29, 0.717) is 22.7 Å². The number of nitrogens with zero attached hydrogens (tertiary/aromatic N) is 1. The number of carbonyl (C=O) groups excluding carboxylic acids is 1. The molecule has 1 aromatic heterocycles. The molecule has 5 heteroatoms. The van der Waals surface area contributed by atoms with Gasteiger partial charge < -0.3 is 10.1 Å². The minimum Gasteiger partial charge on any atom is -0.497 e. The molecule has 23 heavy (non-hydrogen) atoms. The number of fused-ring (bicyclic) bond motifs is 1. The molecule has 116 valence electrons. The number of carbonyl (C=O) groups is 1. The van der Waals surface area contributed by atoms with Gasteiger partial charge in [0.1, 0.15) is 11.6 Å². The molecule has 3 aromatic rings. The lowest BCUT2D eigenvalue weighted by molar-refractivity contribution is 0.102. The Morgan fingerprint density at radius 1 is 1.13 bits per heavy atom. The number of rotatable bonds is 3. The van der Waals surface area contributed by atoms with Gasteiger partial charge in [0.2, 0.25) is 0 Å². The standard InChI is InChI=1S/C18H15FN2O2/c1-11-16(18(22)21-14-6-4-13(19)5-7-14)9-12-3-8-15(23-2)10-17(12)20-11/h3-10H,1-2H3,(H,21,22). The van der Waals surface area contributed by atoms with Crippen molar-refractivity contribution in [3.8, 4) is 5.75 Å². The van der Waals surface area contributed by atoms with Crippen LogP contribution in [0.15, 0.2) is 48.5 Å². The van der Waals surface area contributed by atoms with Gasteiger partial charge in [-0.15, -0.1) is 0 Å². The summed E-state index contributed by atoms with van der Waals surface area (Å²) in [6.07, 6.45) is 0. The van der Waals surface area contributed by atoms with Gasteiger partial charge in [-0.25, -0.2) is 4.39 Å². The summed E-state index contributed by atoms with van der Waals surface area (Å²) in [7, 11) is 1.60. The fourth-order valence-electron chi connectivity index (χ4n) is 2.33. The fourth-order valence-corrected chi connectivity index (χ4v) is 2.33. The number of aromatic nitrogens is 1. The van der Waals surface area contributed by atoms with Gasteiger partial charge in [-0.1, -0.05) is 0 Å². The molecule has 1 heterocycles. The molecule has 0 fully saturated rings. The first-order chi connectivity index (χ1) is 11.1. The van der Waals surface area contributed by atoms with E-state index >= 15 is 0 Å². The average Bonchev–Trinajstić information content (AvgIpc) is 2.55. The first-order valence-corrected chi connectivity index (χ1v) is 7.09. The summed E-state index contributed by atoms with van der Waals surface area (Å²) in [4.78, 5) is 16.9. The van der Waals surface area contributed by atoms with E-state index < -0.39 is 0 Å². The highest BCUT2D eigenvalue weighted by molar-refractivity contribution is 6.06. The normalized spacial score (nSPS) is 10.6. The fraction of sp³-hybridized carbons (Fsp3) is 0.111. The number of hydrogen-bond acceptors (Lipinski definition) is 3. The molecule has 0 atom stereocenters. The molecule has 0 unspecified atom stereocenters. The van der Waals surface area contributed by atoms with Gasteiger partial charge in [0.15, 0.2) is 0 Å². The molecule has 0 saturated carbocycles. The van der Waals surface area contributed by atoms with Gasteiger partial charge in [-0.2, -0.15) is 0 Å². The van der Waals surface area contributed by atoms with E-state index in [4.69, 9.17) is 4.74 Å². The van der Waals surface area contributed by atoms with Crippen LogP contribution in [0.2, 0.25) is 0 Å². The summed E-state index contributed by atoms with van der Waals surface area (Å²) in [5.74, 6) is 0.0905. The molecule has 4 nitrogen and oxygen atoms in total. The highest BCUT2D eigenvalue weighted by atomic mass is 19.1. The number of anilines is 1. The van der Waals surface area contributed by atoms with E-state index in [1.807, 2.05) is 18.2 Å². The first kappa shape index (κ1) is 15.0. The number of benzene rings is 2. The average molecular weight is 310 g/mol. The first-order valence-electron chi connectivity index (χ1n) is 7.09. The van der Waals surface area contributed by atoms with Crippen LogP contribution in [0, 0.1) is 12.7 Å². The summed E-state index contributed by atoms with van der Waals surface area (Å²) in [6.45, 7) is 1.78. The van der Waals surface area contributed by atoms with Crippen LogP contribution in [0.4, 0.5) is 10.1 Å². The number of pyridine rings is 1. The Labute approximate surface area is 132 Å². The van der Waals surface area contributed by atoms with Crippen molar-refractivity contribution in [1.82, 2.24) is 4.98 Å². The van der Waals surface area contributed by atoms with Crippen molar-refractivity contribution in [3.63, 3.8) is 0 Å². The topological polar surface area (TPSA) is 51.2 Å². The summed E-state index contributed by atoms with van der Waals surface area (Å²) in [5.41, 5.74) is 2.39. The zero-order chi connectivity index (χ0) is 16.4. The third-order valence-corrected chi connectivity index (χ3v) is 3.56. The van der Waals surface area contributed by atoms with Crippen LogP contribution in [0.5, 0.6) is 5.75 Å². The van der Waals surface area contributed by atoms with Gasteiger partial charge in [0, 0.05) is 17.1 Å². The SMILES string of the molecule is COc1ccc2cc(C(=O)Nc3ccc(F)cc3)c(C)nc2c1. The Kier molecular flexibility index (Phi) is 3.93. The quantitative estimate of drug-likeness (QED) is 0.797. The third kappa shape index (κ3) is 3.13. The lowest BCUT2D eigenvalue weighted by Gasteiger charge is -2.09. The molecule has 0 spiro atoms. The van der Waals surface area contributed by atoms with Crippen molar-refractivity contribution in [3.05, 3.63) is 65.6 Å². The highest BCUT2D eigenvalue weighted by Gasteiger charge is 2.12. The molecule has 0 saturated heterocycles. The number of methoxy groups -OCH3 is 1. The molecule has 0 aliphatic rings. The lowest BCUT2D eigenvalue weighted by Crippen LogP contribution is -2.14. The van der Waals surface area contributed by atoms with Gasteiger partial charge in [0.25, 0.3) is 5.91 Å². The van der Waals surface area contributed by atoms with E-state index in [2.05, 4.69) is 10.3 Å². The monoisotopic (exact) mass is 310 g/mol. The molecule has 1 amide bonds. The van der Waals surface area contributed by atoms with Crippen molar-refractivity contribution in [1.29, 1.82) is 0 Å². The Hall–Kier alpha value is -2.95. The summed E-state index contributed by atoms with van der Waals surface area (Å²) in [5, 5.41) is 3.59. The minimum absolute atomic E-state index is 0.278. The van der Waals surface area contributed by atoms with Crippen molar-refractivity contribution in [2.45, 2.75) is 6.92 Å². The third-order valence-electron chi connectivity index (χ3n) is 3.56. The maximum atomic E-state index is 12.9. The molecular formula is C18H15FN2O2. The molecule has 0 aliphatic carbocycles. The van der Waals surface area contributed by atoms with Gasteiger partial charge in [-0.05, 0) is 49.4 Å².